The van der Waals surface area contributed by atoms with Crippen molar-refractivity contribution < 1.29 is 19.7 Å². The number of hydrogen-bond donors (Lipinski definition) is 1. The molecule has 0 fully saturated rings. The molecule has 0 aromatic rings. The van der Waals surface area contributed by atoms with E-state index in [4.69, 9.17) is 5.11 Å². The minimum atomic E-state index is -1.89. The molecule has 56 valence electrons. The van der Waals surface area contributed by atoms with Crippen LogP contribution in [0.15, 0.2) is 0 Å². The van der Waals surface area contributed by atoms with E-state index in [0.717, 1.165) is 6.92 Å². The fraction of sp³-hybridized carbons (Fsp3) is 0.333. The lowest BCUT2D eigenvalue weighted by atomic mass is 10.7. The van der Waals surface area contributed by atoms with Crippen molar-refractivity contribution in [1.82, 2.24) is 5.01 Å². The van der Waals surface area contributed by atoms with Crippen molar-refractivity contribution in [2.75, 3.05) is 0 Å². The summed E-state index contributed by atoms with van der Waals surface area (Å²) >= 11 is 0. The standard InChI is InChI=1S/C3H4N2O5/c1-2(6)4(3(7)8)5(9)10/h1H3,(H,7,8). The summed E-state index contributed by atoms with van der Waals surface area (Å²) in [5, 5.41) is 15.9. The van der Waals surface area contributed by atoms with E-state index in [1.807, 2.05) is 0 Å². The van der Waals surface area contributed by atoms with Crippen LogP contribution >= 0.6 is 0 Å². The Morgan fingerprint density at radius 3 is 2.00 bits per heavy atom. The fourth-order valence-electron chi connectivity index (χ4n) is 0.320. The molecule has 0 radical (unpaired) electrons. The number of nitrogens with zero attached hydrogens (tertiary/aromatic N) is 2. The number of hydrogen-bond acceptors (Lipinski definition) is 4. The van der Waals surface area contributed by atoms with E-state index in [1.165, 1.54) is 0 Å². The lowest BCUT2D eigenvalue weighted by Crippen LogP contribution is -2.38. The van der Waals surface area contributed by atoms with Gasteiger partial charge in [-0.05, 0) is 0 Å². The third kappa shape index (κ3) is 1.69. The summed E-state index contributed by atoms with van der Waals surface area (Å²) in [6, 6.07) is 0. The van der Waals surface area contributed by atoms with Crippen molar-refractivity contribution >= 4 is 12.0 Å². The summed E-state index contributed by atoms with van der Waals surface area (Å²) in [7, 11) is 0. The highest BCUT2D eigenvalue weighted by Crippen LogP contribution is 1.89. The molecule has 0 aliphatic rings. The average molecular weight is 148 g/mol. The van der Waals surface area contributed by atoms with Gasteiger partial charge in [-0.15, -0.1) is 0 Å². The smallest absolute Gasteiger partial charge is 0.461 e. The molecule has 1 N–H and O–H groups in total. The van der Waals surface area contributed by atoms with Crippen molar-refractivity contribution in [1.29, 1.82) is 0 Å². The van der Waals surface area contributed by atoms with Gasteiger partial charge in [-0.25, -0.2) is 14.9 Å². The van der Waals surface area contributed by atoms with Gasteiger partial charge >= 0.3 is 6.09 Å². The first-order valence-corrected chi connectivity index (χ1v) is 2.14. The highest BCUT2D eigenvalue weighted by molar-refractivity contribution is 5.87. The number of carboxylic acid groups (broad SMARTS) is 1. The molecule has 2 amide bonds. The van der Waals surface area contributed by atoms with Crippen LogP contribution in [0.5, 0.6) is 0 Å². The molecule has 0 unspecified atom stereocenters. The van der Waals surface area contributed by atoms with Gasteiger partial charge in [0, 0.05) is 11.9 Å². The first-order chi connectivity index (χ1) is 4.46. The maximum absolute atomic E-state index is 10.1. The molecule has 7 heteroatoms. The van der Waals surface area contributed by atoms with E-state index in [1.54, 1.807) is 0 Å². The van der Waals surface area contributed by atoms with Gasteiger partial charge in [0.1, 0.15) is 0 Å². The van der Waals surface area contributed by atoms with Crippen LogP contribution in [0.1, 0.15) is 6.92 Å². The molecule has 0 aromatic carbocycles. The summed E-state index contributed by atoms with van der Waals surface area (Å²) in [4.78, 5) is 29.7. The van der Waals surface area contributed by atoms with Crippen LogP contribution in [0.2, 0.25) is 0 Å². The number of hydrazine groups is 1. The molecule has 0 heterocycles. The Labute approximate surface area is 55.0 Å². The van der Waals surface area contributed by atoms with Crippen molar-refractivity contribution in [2.24, 2.45) is 0 Å². The highest BCUT2D eigenvalue weighted by atomic mass is 16.7. The van der Waals surface area contributed by atoms with Gasteiger partial charge in [-0.1, -0.05) is 0 Å². The van der Waals surface area contributed by atoms with Gasteiger partial charge in [-0.2, -0.15) is 0 Å². The molecule has 0 saturated carbocycles. The SMILES string of the molecule is CC(=O)N(C(=O)O)[N+](=O)[O-]. The number of amides is 2. The van der Waals surface area contributed by atoms with Gasteiger partial charge in [0.25, 0.3) is 5.91 Å². The van der Waals surface area contributed by atoms with Crippen LogP contribution in [-0.4, -0.2) is 27.1 Å². The van der Waals surface area contributed by atoms with Crippen molar-refractivity contribution in [3.05, 3.63) is 10.1 Å². The molecule has 0 saturated heterocycles. The molecule has 0 atom stereocenters. The summed E-state index contributed by atoms with van der Waals surface area (Å²) in [5.74, 6) is -1.14. The largest absolute Gasteiger partial charge is 0.473 e. The second-order valence-corrected chi connectivity index (χ2v) is 1.35. The van der Waals surface area contributed by atoms with Crippen LogP contribution in [0, 0.1) is 10.1 Å². The predicted octanol–water partition coefficient (Wildman–Crippen LogP) is -0.295. The molecule has 7 nitrogen and oxygen atoms in total. The first-order valence-electron chi connectivity index (χ1n) is 2.14. The van der Waals surface area contributed by atoms with Gasteiger partial charge in [-0.3, -0.25) is 4.79 Å². The van der Waals surface area contributed by atoms with Gasteiger partial charge in [0.2, 0.25) is 0 Å². The average Bonchev–Trinajstić information content (AvgIpc) is 1.59. The molecular formula is C3H4N2O5. The Hall–Kier alpha value is -1.66. The van der Waals surface area contributed by atoms with Gasteiger partial charge in [0.15, 0.2) is 5.03 Å². The van der Waals surface area contributed by atoms with Crippen molar-refractivity contribution in [3.8, 4) is 0 Å². The van der Waals surface area contributed by atoms with E-state index < -0.39 is 22.0 Å². The molecule has 0 rings (SSSR count). The summed E-state index contributed by atoms with van der Waals surface area (Å²) < 4.78 is 0. The number of carbonyl (C=O) groups is 2. The minimum Gasteiger partial charge on any atom is -0.461 e. The Morgan fingerprint density at radius 1 is 1.60 bits per heavy atom. The van der Waals surface area contributed by atoms with Crippen molar-refractivity contribution in [2.45, 2.75) is 6.92 Å². The van der Waals surface area contributed by atoms with Crippen LogP contribution in [0.25, 0.3) is 0 Å². The summed E-state index contributed by atoms with van der Waals surface area (Å²) in [6.07, 6.45) is -1.89. The fourth-order valence-corrected chi connectivity index (χ4v) is 0.320. The van der Waals surface area contributed by atoms with Crippen molar-refractivity contribution in [3.63, 3.8) is 0 Å². The van der Waals surface area contributed by atoms with Gasteiger partial charge < -0.3 is 5.11 Å². The third-order valence-electron chi connectivity index (χ3n) is 0.643. The van der Waals surface area contributed by atoms with Crippen LogP contribution in [0.3, 0.4) is 0 Å². The molecular weight excluding hydrogens is 144 g/mol. The third-order valence-corrected chi connectivity index (χ3v) is 0.643. The predicted molar refractivity (Wildman–Crippen MR) is 27.5 cm³/mol. The van der Waals surface area contributed by atoms with Crippen LogP contribution in [0.4, 0.5) is 4.79 Å². The van der Waals surface area contributed by atoms with E-state index in [9.17, 15) is 19.7 Å². The zero-order chi connectivity index (χ0) is 8.31. The topological polar surface area (TPSA) is 101 Å². The molecule has 0 bridgehead atoms. The normalized spacial score (nSPS) is 8.50. The number of carbonyl (C=O) groups excluding carboxylic acids is 1. The molecule has 0 aromatic heterocycles. The number of imide groups is 1. The van der Waals surface area contributed by atoms with Crippen LogP contribution < -0.4 is 0 Å². The number of rotatable bonds is 1. The zero-order valence-electron chi connectivity index (χ0n) is 4.97. The second-order valence-electron chi connectivity index (χ2n) is 1.35. The maximum atomic E-state index is 10.1. The quantitative estimate of drug-likeness (QED) is 0.406. The first kappa shape index (κ1) is 8.34. The van der Waals surface area contributed by atoms with E-state index >= 15 is 0 Å². The highest BCUT2D eigenvalue weighted by Gasteiger charge is 2.28. The van der Waals surface area contributed by atoms with E-state index in [2.05, 4.69) is 0 Å². The van der Waals surface area contributed by atoms with E-state index in [0.29, 0.717) is 0 Å². The number of nitro groups is 1. The zero-order valence-corrected chi connectivity index (χ0v) is 4.97. The minimum absolute atomic E-state index is 0.500. The molecule has 0 spiro atoms. The molecule has 0 aliphatic heterocycles. The maximum Gasteiger partial charge on any atom is 0.473 e. The molecule has 0 aliphatic carbocycles. The van der Waals surface area contributed by atoms with Crippen LogP contribution in [-0.2, 0) is 4.79 Å². The summed E-state index contributed by atoms with van der Waals surface area (Å²) in [5.41, 5.74) is 0. The Kier molecular flexibility index (Phi) is 2.30. The second kappa shape index (κ2) is 2.76. The monoisotopic (exact) mass is 148 g/mol. The summed E-state index contributed by atoms with van der Waals surface area (Å²) in [6.45, 7) is 0.789. The Morgan fingerprint density at radius 2 is 2.00 bits per heavy atom. The molecule has 10 heavy (non-hydrogen) atoms. The lowest BCUT2D eigenvalue weighted by molar-refractivity contribution is -0.614. The lowest BCUT2D eigenvalue weighted by Gasteiger charge is -2.00. The van der Waals surface area contributed by atoms with E-state index in [-0.39, 0.29) is 0 Å². The Bertz CT molecular complexity index is 154. The van der Waals surface area contributed by atoms with Gasteiger partial charge in [0.05, 0.1) is 0 Å². The Balaban J connectivity index is 4.43.